The van der Waals surface area contributed by atoms with Crippen molar-refractivity contribution in [1.29, 1.82) is 0 Å². The summed E-state index contributed by atoms with van der Waals surface area (Å²) in [6, 6.07) is -0.592. The Morgan fingerprint density at radius 2 is 2.24 bits per heavy atom. The summed E-state index contributed by atoms with van der Waals surface area (Å²) >= 11 is 0. The van der Waals surface area contributed by atoms with Crippen LogP contribution in [0.15, 0.2) is 0 Å². The van der Waals surface area contributed by atoms with Gasteiger partial charge in [-0.3, -0.25) is 4.79 Å². The molecule has 0 aromatic rings. The van der Waals surface area contributed by atoms with Crippen molar-refractivity contribution in [3.8, 4) is 0 Å². The van der Waals surface area contributed by atoms with Crippen molar-refractivity contribution >= 4 is 12.0 Å². The first-order valence-corrected chi connectivity index (χ1v) is 5.80. The van der Waals surface area contributed by atoms with Gasteiger partial charge in [0.05, 0.1) is 6.61 Å². The Bertz CT molecular complexity index is 337. The number of carbonyl (C=O) groups excluding carboxylic acids is 2. The van der Waals surface area contributed by atoms with Gasteiger partial charge < -0.3 is 19.7 Å². The first-order valence-electron chi connectivity index (χ1n) is 5.80. The summed E-state index contributed by atoms with van der Waals surface area (Å²) in [6.45, 7) is 6.66. The van der Waals surface area contributed by atoms with E-state index in [0.717, 1.165) is 6.42 Å². The van der Waals surface area contributed by atoms with Gasteiger partial charge in [0.25, 0.3) is 5.91 Å². The topological polar surface area (TPSA) is 67.9 Å². The van der Waals surface area contributed by atoms with Crippen molar-refractivity contribution in [1.82, 2.24) is 10.2 Å². The van der Waals surface area contributed by atoms with Crippen molar-refractivity contribution in [2.75, 3.05) is 13.2 Å². The molecule has 2 atom stereocenters. The van der Waals surface area contributed by atoms with Crippen LogP contribution in [-0.4, -0.2) is 47.9 Å². The molecule has 6 nitrogen and oxygen atoms in total. The molecule has 0 spiro atoms. The van der Waals surface area contributed by atoms with Crippen LogP contribution in [0, 0.1) is 0 Å². The number of β-lactam (4-membered cyclic amide) rings is 1. The smallest absolute Gasteiger partial charge is 0.408 e. The van der Waals surface area contributed by atoms with Gasteiger partial charge >= 0.3 is 6.09 Å². The zero-order valence-corrected chi connectivity index (χ0v) is 10.4. The Labute approximate surface area is 100 Å². The van der Waals surface area contributed by atoms with E-state index in [0.29, 0.717) is 13.2 Å². The highest BCUT2D eigenvalue weighted by atomic mass is 16.6. The maximum Gasteiger partial charge on any atom is 0.408 e. The van der Waals surface area contributed by atoms with E-state index >= 15 is 0 Å². The molecule has 2 aliphatic heterocycles. The average molecular weight is 242 g/mol. The van der Waals surface area contributed by atoms with E-state index in [9.17, 15) is 9.59 Å². The Morgan fingerprint density at radius 1 is 1.53 bits per heavy atom. The highest BCUT2D eigenvalue weighted by Gasteiger charge is 2.50. The van der Waals surface area contributed by atoms with Crippen molar-refractivity contribution < 1.29 is 19.1 Å². The Balaban J connectivity index is 1.87. The lowest BCUT2D eigenvalue weighted by atomic mass is 10.0. The molecule has 0 aromatic heterocycles. The van der Waals surface area contributed by atoms with Crippen LogP contribution in [0.2, 0.25) is 0 Å². The number of hydrogen-bond acceptors (Lipinski definition) is 4. The van der Waals surface area contributed by atoms with Crippen LogP contribution < -0.4 is 5.32 Å². The minimum atomic E-state index is -0.592. The van der Waals surface area contributed by atoms with E-state index in [1.165, 1.54) is 0 Å². The summed E-state index contributed by atoms with van der Waals surface area (Å²) in [4.78, 5) is 24.8. The fourth-order valence-electron chi connectivity index (χ4n) is 1.95. The second-order valence-corrected chi connectivity index (χ2v) is 5.27. The predicted molar refractivity (Wildman–Crippen MR) is 59.2 cm³/mol. The average Bonchev–Trinajstić information content (AvgIpc) is 2.23. The summed E-state index contributed by atoms with van der Waals surface area (Å²) in [5.74, 6) is -0.0967. The van der Waals surface area contributed by atoms with Gasteiger partial charge in [0, 0.05) is 6.54 Å². The van der Waals surface area contributed by atoms with Crippen LogP contribution in [-0.2, 0) is 14.3 Å². The van der Waals surface area contributed by atoms with Crippen molar-refractivity contribution in [2.45, 2.75) is 45.1 Å². The Kier molecular flexibility index (Phi) is 2.99. The molecule has 0 saturated carbocycles. The van der Waals surface area contributed by atoms with Gasteiger partial charge in [-0.1, -0.05) is 0 Å². The number of nitrogens with one attached hydrogen (secondary N) is 1. The van der Waals surface area contributed by atoms with Gasteiger partial charge in [0.15, 0.2) is 12.3 Å². The third-order valence-corrected chi connectivity index (χ3v) is 2.65. The zero-order chi connectivity index (χ0) is 12.6. The van der Waals surface area contributed by atoms with Crippen molar-refractivity contribution in [3.63, 3.8) is 0 Å². The number of alkyl carbamates (subject to hydrolysis) is 1. The van der Waals surface area contributed by atoms with Gasteiger partial charge in [0.1, 0.15) is 5.60 Å². The second kappa shape index (κ2) is 4.18. The number of amides is 2. The van der Waals surface area contributed by atoms with Crippen molar-refractivity contribution in [2.24, 2.45) is 0 Å². The lowest BCUT2D eigenvalue weighted by Crippen LogP contribution is -2.73. The second-order valence-electron chi connectivity index (χ2n) is 5.27. The molecule has 0 aromatic carbocycles. The number of hydrogen-bond donors (Lipinski definition) is 1. The van der Waals surface area contributed by atoms with Gasteiger partial charge in [-0.05, 0) is 27.2 Å². The number of rotatable bonds is 1. The monoisotopic (exact) mass is 242 g/mol. The fourth-order valence-corrected chi connectivity index (χ4v) is 1.95. The quantitative estimate of drug-likeness (QED) is 0.679. The number of ether oxygens (including phenoxy) is 2. The van der Waals surface area contributed by atoms with Gasteiger partial charge in [-0.15, -0.1) is 0 Å². The first kappa shape index (κ1) is 12.2. The molecule has 1 N–H and O–H groups in total. The molecule has 2 fully saturated rings. The molecular formula is C11H18N2O4. The van der Waals surface area contributed by atoms with E-state index in [4.69, 9.17) is 9.47 Å². The summed E-state index contributed by atoms with van der Waals surface area (Å²) < 4.78 is 10.5. The highest BCUT2D eigenvalue weighted by molar-refractivity contribution is 5.92. The normalized spacial score (nSPS) is 28.2. The summed E-state index contributed by atoms with van der Waals surface area (Å²) in [7, 11) is 0. The van der Waals surface area contributed by atoms with Crippen LogP contribution in [0.5, 0.6) is 0 Å². The standard InChI is InChI=1S/C11H18N2O4/c1-11(2,3)17-10(15)12-7-8(14)13-5-4-6-16-9(7)13/h7,9H,4-6H2,1-3H3,(H,12,15). The molecule has 0 aliphatic carbocycles. The fraction of sp³-hybridized carbons (Fsp3) is 0.818. The van der Waals surface area contributed by atoms with Crippen LogP contribution >= 0.6 is 0 Å². The van der Waals surface area contributed by atoms with E-state index in [-0.39, 0.29) is 12.1 Å². The number of nitrogens with zero attached hydrogens (tertiary/aromatic N) is 1. The SMILES string of the molecule is CC(C)(C)OC(=O)NC1C(=O)N2CCCOC12. The van der Waals surface area contributed by atoms with E-state index in [2.05, 4.69) is 5.32 Å². The van der Waals surface area contributed by atoms with Crippen LogP contribution in [0.3, 0.4) is 0 Å². The summed E-state index contributed by atoms with van der Waals surface area (Å²) in [5, 5.41) is 2.54. The lowest BCUT2D eigenvalue weighted by molar-refractivity contribution is -0.195. The zero-order valence-electron chi connectivity index (χ0n) is 10.4. The molecule has 0 radical (unpaired) electrons. The summed E-state index contributed by atoms with van der Waals surface area (Å²) in [5.41, 5.74) is -0.565. The van der Waals surface area contributed by atoms with Gasteiger partial charge in [-0.25, -0.2) is 4.79 Å². The summed E-state index contributed by atoms with van der Waals surface area (Å²) in [6.07, 6.45) is -0.0464. The van der Waals surface area contributed by atoms with E-state index < -0.39 is 17.7 Å². The minimum absolute atomic E-state index is 0.0967. The molecule has 2 saturated heterocycles. The van der Waals surface area contributed by atoms with Gasteiger partial charge in [0.2, 0.25) is 0 Å². The number of carbonyl (C=O) groups is 2. The molecule has 2 amide bonds. The molecule has 2 unspecified atom stereocenters. The maximum atomic E-state index is 11.7. The first-order chi connectivity index (χ1) is 7.88. The molecule has 2 rings (SSSR count). The molecule has 2 heterocycles. The Morgan fingerprint density at radius 3 is 2.88 bits per heavy atom. The molecular weight excluding hydrogens is 224 g/mol. The number of fused-ring (bicyclic) bond motifs is 1. The van der Waals surface area contributed by atoms with Crippen LogP contribution in [0.25, 0.3) is 0 Å². The molecule has 17 heavy (non-hydrogen) atoms. The molecule has 2 aliphatic rings. The highest BCUT2D eigenvalue weighted by Crippen LogP contribution is 2.25. The molecule has 0 bridgehead atoms. The van der Waals surface area contributed by atoms with Crippen molar-refractivity contribution in [3.05, 3.63) is 0 Å². The lowest BCUT2D eigenvalue weighted by Gasteiger charge is -2.48. The predicted octanol–water partition coefficient (Wildman–Crippen LogP) is 0.468. The van der Waals surface area contributed by atoms with Gasteiger partial charge in [-0.2, -0.15) is 0 Å². The van der Waals surface area contributed by atoms with E-state index in [1.807, 2.05) is 0 Å². The maximum absolute atomic E-state index is 11.7. The van der Waals surface area contributed by atoms with Crippen LogP contribution in [0.1, 0.15) is 27.2 Å². The molecule has 6 heteroatoms. The third-order valence-electron chi connectivity index (χ3n) is 2.65. The largest absolute Gasteiger partial charge is 0.444 e. The minimum Gasteiger partial charge on any atom is -0.444 e. The Hall–Kier alpha value is -1.30. The third kappa shape index (κ3) is 2.52. The molecule has 96 valence electrons. The van der Waals surface area contributed by atoms with Crippen LogP contribution in [0.4, 0.5) is 4.79 Å². The van der Waals surface area contributed by atoms with E-state index in [1.54, 1.807) is 25.7 Å².